The number of hydrogen-bond donors (Lipinski definition) is 6. The van der Waals surface area contributed by atoms with Crippen LogP contribution < -0.4 is 40.6 Å². The normalized spacial score (nSPS) is 20.9. The number of H-pyrrole nitrogens is 2. The van der Waals surface area contributed by atoms with Crippen molar-refractivity contribution in [2.45, 2.75) is 141 Å². The number of thiazole rings is 1. The molecule has 1 saturated carbocycles. The molecule has 474 valence electrons. The molecular formula is C68H76FN13O8S. The average Bonchev–Trinajstić information content (AvgIpc) is 1.72. The first-order chi connectivity index (χ1) is 44.3. The van der Waals surface area contributed by atoms with Gasteiger partial charge in [0, 0.05) is 107 Å². The van der Waals surface area contributed by atoms with E-state index in [1.807, 2.05) is 62.7 Å². The first kappa shape index (κ1) is 59.2. The minimum atomic E-state index is -0.962. The van der Waals surface area contributed by atoms with Crippen LogP contribution >= 0.6 is 11.3 Å². The van der Waals surface area contributed by atoms with E-state index in [0.717, 1.165) is 120 Å². The van der Waals surface area contributed by atoms with E-state index in [1.165, 1.54) is 15.6 Å². The molecule has 91 heavy (non-hydrogen) atoms. The molecule has 23 heteroatoms. The summed E-state index contributed by atoms with van der Waals surface area (Å²) in [6.07, 6.45) is 9.91. The molecule has 2 amide bonds. The second-order valence-corrected chi connectivity index (χ2v) is 27.0. The Balaban J connectivity index is 0.730. The number of likely N-dealkylation sites (tertiary alicyclic amines) is 1. The number of aryl methyl sites for hydroxylation is 1. The maximum Gasteiger partial charge on any atom is 0.319 e. The van der Waals surface area contributed by atoms with Crippen molar-refractivity contribution in [1.29, 1.82) is 0 Å². The highest BCUT2D eigenvalue weighted by Crippen LogP contribution is 2.54. The number of piperidine rings is 1. The van der Waals surface area contributed by atoms with Gasteiger partial charge >= 0.3 is 6.01 Å². The van der Waals surface area contributed by atoms with Gasteiger partial charge in [0.15, 0.2) is 11.3 Å². The second kappa shape index (κ2) is 24.5. The molecule has 6 N–H and O–H groups in total. The molecule has 10 heterocycles. The molecule has 6 fully saturated rings. The molecule has 0 radical (unpaired) electrons. The Morgan fingerprint density at radius 3 is 2.53 bits per heavy atom. The van der Waals surface area contributed by atoms with Crippen LogP contribution in [0.1, 0.15) is 112 Å². The van der Waals surface area contributed by atoms with Gasteiger partial charge < -0.3 is 54.8 Å². The number of pyridine rings is 1. The number of aromatic amines is 2. The smallest absolute Gasteiger partial charge is 0.319 e. The van der Waals surface area contributed by atoms with Crippen molar-refractivity contribution < 1.29 is 38.0 Å². The molecule has 0 spiro atoms. The Bertz CT molecular complexity index is 4340. The Kier molecular flexibility index (Phi) is 16.0. The minimum absolute atomic E-state index is 0.0373. The maximum absolute atomic E-state index is 16.3. The zero-order chi connectivity index (χ0) is 62.2. The van der Waals surface area contributed by atoms with E-state index in [4.69, 9.17) is 34.0 Å². The second-order valence-electron chi connectivity index (χ2n) is 26.2. The third-order valence-electron chi connectivity index (χ3n) is 19.7. The number of carbonyl (C=O) groups excluding carboxylic acids is 2. The predicted octanol–water partition coefficient (Wildman–Crippen LogP) is 9.05. The Hall–Kier alpha value is -8.09. The van der Waals surface area contributed by atoms with E-state index in [2.05, 4.69) is 47.1 Å². The van der Waals surface area contributed by atoms with Gasteiger partial charge in [0.25, 0.3) is 5.56 Å². The molecule has 15 rings (SSSR count). The summed E-state index contributed by atoms with van der Waals surface area (Å²) in [5, 5.41) is 36.3. The number of nitrogens with zero attached hydrogens (tertiary/aromatic N) is 8. The van der Waals surface area contributed by atoms with E-state index < -0.39 is 35.6 Å². The number of β-amino-alcohol motifs (C(OH)–C–C–N with tert-alkyl or cyclic N) is 1. The van der Waals surface area contributed by atoms with Crippen LogP contribution in [0.3, 0.4) is 0 Å². The summed E-state index contributed by atoms with van der Waals surface area (Å²) in [5.41, 5.74) is 9.55. The van der Waals surface area contributed by atoms with Gasteiger partial charge in [0.2, 0.25) is 11.8 Å². The number of amides is 2. The number of halogens is 1. The number of rotatable bonds is 19. The zero-order valence-corrected chi connectivity index (χ0v) is 52.5. The highest BCUT2D eigenvalue weighted by atomic mass is 32.1. The summed E-state index contributed by atoms with van der Waals surface area (Å²) in [4.78, 5) is 66.6. The third-order valence-corrected chi connectivity index (χ3v) is 20.6. The SMILES string of the molecule is Cc1ncsc1-c1ccc(CNC(=O)[C@@H]2C[C@@H](O)CN2C(=O)[C@H](C(C)C)n2cc3c(n2)c(=O)[nH]c2cc(COc4c(-c5c(C)c(F)cc6[nH]ncc56)c(C5CC5)cc5c(N6C[C@@H]7C[C@H]6CN7)nc(OC6CCOCC6)nc45)ccc23)c(OCCC2CCNCC2)c1. The first-order valence-corrected chi connectivity index (χ1v) is 33.2. The fraction of sp³-hybridized carbons (Fsp3) is 0.471. The van der Waals surface area contributed by atoms with Crippen LogP contribution in [0.25, 0.3) is 65.2 Å². The molecule has 4 aromatic carbocycles. The molecule has 5 atom stereocenters. The summed E-state index contributed by atoms with van der Waals surface area (Å²) >= 11 is 1.57. The lowest BCUT2D eigenvalue weighted by Gasteiger charge is -2.31. The quantitative estimate of drug-likeness (QED) is 0.0442. The predicted molar refractivity (Wildman–Crippen MR) is 345 cm³/mol. The van der Waals surface area contributed by atoms with Crippen LogP contribution in [0.5, 0.6) is 17.5 Å². The van der Waals surface area contributed by atoms with Crippen molar-refractivity contribution in [1.82, 2.24) is 60.8 Å². The highest BCUT2D eigenvalue weighted by Gasteiger charge is 2.44. The number of aromatic nitrogens is 8. The molecule has 0 unspecified atom stereocenters. The lowest BCUT2D eigenvalue weighted by atomic mass is 9.88. The highest BCUT2D eigenvalue weighted by molar-refractivity contribution is 7.13. The first-order valence-electron chi connectivity index (χ1n) is 32.3. The zero-order valence-electron chi connectivity index (χ0n) is 51.7. The summed E-state index contributed by atoms with van der Waals surface area (Å²) in [6, 6.07) is 14.4. The monoisotopic (exact) mass is 1250 g/mol. The van der Waals surface area contributed by atoms with Gasteiger partial charge in [0.05, 0.1) is 53.7 Å². The van der Waals surface area contributed by atoms with Crippen molar-refractivity contribution >= 4 is 72.6 Å². The van der Waals surface area contributed by atoms with Gasteiger partial charge in [-0.2, -0.15) is 20.2 Å². The lowest BCUT2D eigenvalue weighted by Crippen LogP contribution is -2.49. The van der Waals surface area contributed by atoms with Gasteiger partial charge in [-0.25, -0.2) is 9.37 Å². The van der Waals surface area contributed by atoms with Crippen molar-refractivity contribution in [3.05, 3.63) is 111 Å². The van der Waals surface area contributed by atoms with Crippen LogP contribution in [0.4, 0.5) is 10.2 Å². The van der Waals surface area contributed by atoms with Crippen molar-refractivity contribution in [2.75, 3.05) is 57.4 Å². The molecule has 21 nitrogen and oxygen atoms in total. The van der Waals surface area contributed by atoms with Crippen LogP contribution in [0.2, 0.25) is 0 Å². The van der Waals surface area contributed by atoms with Gasteiger partial charge in [-0.05, 0) is 130 Å². The van der Waals surface area contributed by atoms with E-state index in [-0.39, 0.29) is 67.4 Å². The Labute approximate surface area is 528 Å². The molecule has 6 aliphatic rings. The van der Waals surface area contributed by atoms with Crippen LogP contribution in [-0.4, -0.2) is 145 Å². The summed E-state index contributed by atoms with van der Waals surface area (Å²) in [5.74, 6) is 1.21. The molecule has 5 aromatic heterocycles. The molecule has 5 aliphatic heterocycles. The van der Waals surface area contributed by atoms with Crippen LogP contribution in [-0.2, 0) is 27.5 Å². The number of nitrogens with one attached hydrogen (secondary N) is 5. The fourth-order valence-electron chi connectivity index (χ4n) is 14.7. The number of anilines is 1. The van der Waals surface area contributed by atoms with Crippen molar-refractivity contribution in [3.8, 4) is 39.1 Å². The van der Waals surface area contributed by atoms with E-state index in [9.17, 15) is 14.7 Å². The van der Waals surface area contributed by atoms with Crippen LogP contribution in [0.15, 0.2) is 71.2 Å². The van der Waals surface area contributed by atoms with Crippen molar-refractivity contribution in [3.63, 3.8) is 0 Å². The summed E-state index contributed by atoms with van der Waals surface area (Å²) < 4.78 is 43.9. The summed E-state index contributed by atoms with van der Waals surface area (Å²) in [6.45, 7) is 13.1. The average molecular weight is 1250 g/mol. The Morgan fingerprint density at radius 1 is 0.912 bits per heavy atom. The minimum Gasteiger partial charge on any atom is -0.493 e. The molecule has 5 saturated heterocycles. The molecule has 2 bridgehead atoms. The van der Waals surface area contributed by atoms with Crippen LogP contribution in [0, 0.1) is 31.5 Å². The largest absolute Gasteiger partial charge is 0.493 e. The number of piperazine rings is 1. The van der Waals surface area contributed by atoms with E-state index in [1.54, 1.807) is 30.7 Å². The molecular weight excluding hydrogens is 1180 g/mol. The number of hydrogen-bond acceptors (Lipinski definition) is 17. The maximum atomic E-state index is 16.3. The molecule has 1 aliphatic carbocycles. The number of fused-ring (bicyclic) bond motifs is 7. The molecule has 9 aromatic rings. The third kappa shape index (κ3) is 11.4. The number of ether oxygens (including phenoxy) is 4. The fourth-order valence-corrected chi connectivity index (χ4v) is 15.5. The van der Waals surface area contributed by atoms with Gasteiger partial charge in [-0.3, -0.25) is 24.2 Å². The van der Waals surface area contributed by atoms with E-state index in [0.29, 0.717) is 94.6 Å². The topological polar surface area (TPSA) is 252 Å². The number of aliphatic hydroxyl groups is 1. The standard InChI is InChI=1S/C68H76FN13O8S/c1-35(2)61(67(86)81-31-45(83)24-55(81)65(84)72-27-42-9-8-41(63-37(4)73-34-91-63)22-56(42)88-20-13-38-11-16-70-17-12-38)82-32-51-47-10-5-39(21-53(47)75-66(85)60(51)79-82)33-89-62-58(57-36(3)52(69)26-54-50(57)29-74-78-54)48(40-6-7-40)25-49-59(62)76-68(90-46-14-18-87-19-15-46)77-64(49)80-30-43-23-44(80)28-71-43/h5,8-10,21-22,25-26,29,32,34-35,38,40,43-46,55,61,70-71,83H,6-7,11-20,23-24,27-28,30-31,33H2,1-4H3,(H,72,84)(H,74,78)(H,75,85)/t43-,44-,45+,55-,61-/m0/s1. The van der Waals surface area contributed by atoms with Gasteiger partial charge in [-0.1, -0.05) is 38.1 Å². The summed E-state index contributed by atoms with van der Waals surface area (Å²) in [7, 11) is 0. The number of benzene rings is 4. The van der Waals surface area contributed by atoms with Gasteiger partial charge in [-0.15, -0.1) is 11.3 Å². The Morgan fingerprint density at radius 2 is 1.76 bits per heavy atom. The lowest BCUT2D eigenvalue weighted by molar-refractivity contribution is -0.142. The van der Waals surface area contributed by atoms with E-state index >= 15 is 9.18 Å². The number of aliphatic hydroxyl groups excluding tert-OH is 1. The van der Waals surface area contributed by atoms with Gasteiger partial charge in [0.1, 0.15) is 47.7 Å². The van der Waals surface area contributed by atoms with Crippen molar-refractivity contribution in [2.24, 2.45) is 11.8 Å². The number of carbonyl (C=O) groups is 2.